The first-order valence-corrected chi connectivity index (χ1v) is 6.97. The summed E-state index contributed by atoms with van der Waals surface area (Å²) in [4.78, 5) is 4.27. The number of aromatic nitrogens is 1. The van der Waals surface area contributed by atoms with Crippen LogP contribution < -0.4 is 10.1 Å². The van der Waals surface area contributed by atoms with Crippen LogP contribution in [0.1, 0.15) is 23.2 Å². The van der Waals surface area contributed by atoms with E-state index in [4.69, 9.17) is 10.00 Å². The third-order valence-corrected chi connectivity index (χ3v) is 3.29. The molecule has 1 heterocycles. The minimum absolute atomic E-state index is 0.479. The first-order chi connectivity index (χ1) is 10.2. The van der Waals surface area contributed by atoms with E-state index < -0.39 is 0 Å². The summed E-state index contributed by atoms with van der Waals surface area (Å²) in [5.41, 5.74) is 2.64. The van der Waals surface area contributed by atoms with Crippen LogP contribution in [0, 0.1) is 18.3 Å². The van der Waals surface area contributed by atoms with Crippen molar-refractivity contribution in [3.63, 3.8) is 0 Å². The Balaban J connectivity index is 1.83. The van der Waals surface area contributed by atoms with Crippen molar-refractivity contribution < 1.29 is 4.74 Å². The van der Waals surface area contributed by atoms with Gasteiger partial charge in [-0.15, -0.1) is 0 Å². The van der Waals surface area contributed by atoms with Crippen LogP contribution in [-0.2, 0) is 6.42 Å². The smallest absolute Gasteiger partial charge is 0.145 e. The standard InChI is InChI=1S/C17H19N3O/c1-13-8-9-17(20-16(13)12-18)19-10-4-6-14-5-3-7-15(11-14)21-2/h3,5,7-9,11H,4,6,10H2,1-2H3,(H,19,20). The largest absolute Gasteiger partial charge is 0.497 e. The lowest BCUT2D eigenvalue weighted by Crippen LogP contribution is -2.05. The predicted octanol–water partition coefficient (Wildman–Crippen LogP) is 3.32. The van der Waals surface area contributed by atoms with Gasteiger partial charge in [0.05, 0.1) is 7.11 Å². The molecule has 108 valence electrons. The highest BCUT2D eigenvalue weighted by Crippen LogP contribution is 2.14. The second kappa shape index (κ2) is 7.30. The van der Waals surface area contributed by atoms with Crippen molar-refractivity contribution in [3.05, 3.63) is 53.2 Å². The molecule has 0 atom stereocenters. The molecule has 4 nitrogen and oxygen atoms in total. The van der Waals surface area contributed by atoms with E-state index in [0.717, 1.165) is 36.5 Å². The minimum Gasteiger partial charge on any atom is -0.497 e. The fourth-order valence-electron chi connectivity index (χ4n) is 2.08. The molecular formula is C17H19N3O. The van der Waals surface area contributed by atoms with Crippen LogP contribution in [0.2, 0.25) is 0 Å². The normalized spacial score (nSPS) is 9.95. The summed E-state index contributed by atoms with van der Waals surface area (Å²) in [7, 11) is 1.68. The SMILES string of the molecule is COc1cccc(CCCNc2ccc(C)c(C#N)n2)c1. The first-order valence-electron chi connectivity index (χ1n) is 6.97. The van der Waals surface area contributed by atoms with Gasteiger partial charge in [-0.25, -0.2) is 4.98 Å². The topological polar surface area (TPSA) is 57.9 Å². The Morgan fingerprint density at radius 1 is 1.29 bits per heavy atom. The molecular weight excluding hydrogens is 262 g/mol. The Kier molecular flexibility index (Phi) is 5.16. The van der Waals surface area contributed by atoms with E-state index in [1.807, 2.05) is 31.2 Å². The zero-order valence-electron chi connectivity index (χ0n) is 12.4. The van der Waals surface area contributed by atoms with E-state index in [2.05, 4.69) is 28.5 Å². The number of hydrogen-bond donors (Lipinski definition) is 1. The molecule has 0 aliphatic rings. The number of benzene rings is 1. The van der Waals surface area contributed by atoms with Gasteiger partial charge in [0.25, 0.3) is 0 Å². The van der Waals surface area contributed by atoms with Crippen molar-refractivity contribution in [2.24, 2.45) is 0 Å². The highest BCUT2D eigenvalue weighted by molar-refractivity contribution is 5.42. The molecule has 4 heteroatoms. The summed E-state index contributed by atoms with van der Waals surface area (Å²) < 4.78 is 5.21. The molecule has 0 saturated carbocycles. The summed E-state index contributed by atoms with van der Waals surface area (Å²) in [6.45, 7) is 2.70. The predicted molar refractivity (Wildman–Crippen MR) is 83.5 cm³/mol. The Hall–Kier alpha value is -2.54. The van der Waals surface area contributed by atoms with Gasteiger partial charge in [0.2, 0.25) is 0 Å². The molecule has 0 saturated heterocycles. The lowest BCUT2D eigenvalue weighted by Gasteiger charge is -2.07. The number of nitriles is 1. The molecule has 21 heavy (non-hydrogen) atoms. The fraction of sp³-hybridized carbons (Fsp3) is 0.294. The molecule has 1 aromatic carbocycles. The maximum Gasteiger partial charge on any atom is 0.145 e. The van der Waals surface area contributed by atoms with Crippen LogP contribution >= 0.6 is 0 Å². The van der Waals surface area contributed by atoms with Gasteiger partial charge in [0.1, 0.15) is 23.3 Å². The molecule has 2 rings (SSSR count). The van der Waals surface area contributed by atoms with Crippen molar-refractivity contribution >= 4 is 5.82 Å². The van der Waals surface area contributed by atoms with Crippen molar-refractivity contribution in [2.75, 3.05) is 19.0 Å². The van der Waals surface area contributed by atoms with E-state index >= 15 is 0 Å². The lowest BCUT2D eigenvalue weighted by molar-refractivity contribution is 0.414. The monoisotopic (exact) mass is 281 g/mol. The van der Waals surface area contributed by atoms with Crippen molar-refractivity contribution in [1.82, 2.24) is 4.98 Å². The van der Waals surface area contributed by atoms with E-state index in [9.17, 15) is 0 Å². The number of anilines is 1. The highest BCUT2D eigenvalue weighted by atomic mass is 16.5. The van der Waals surface area contributed by atoms with Crippen LogP contribution in [-0.4, -0.2) is 18.6 Å². The molecule has 0 spiro atoms. The zero-order chi connectivity index (χ0) is 15.1. The fourth-order valence-corrected chi connectivity index (χ4v) is 2.08. The van der Waals surface area contributed by atoms with Crippen molar-refractivity contribution in [3.8, 4) is 11.8 Å². The van der Waals surface area contributed by atoms with Gasteiger partial charge in [-0.1, -0.05) is 18.2 Å². The third kappa shape index (κ3) is 4.22. The number of nitrogens with zero attached hydrogens (tertiary/aromatic N) is 2. The number of pyridine rings is 1. The molecule has 0 aliphatic carbocycles. The minimum atomic E-state index is 0.479. The summed E-state index contributed by atoms with van der Waals surface area (Å²) in [6.07, 6.45) is 1.96. The number of ether oxygens (including phenoxy) is 1. The molecule has 0 amide bonds. The molecule has 2 aromatic rings. The van der Waals surface area contributed by atoms with Gasteiger partial charge in [-0.2, -0.15) is 5.26 Å². The first kappa shape index (κ1) is 14.9. The van der Waals surface area contributed by atoms with Gasteiger partial charge in [0, 0.05) is 6.54 Å². The van der Waals surface area contributed by atoms with E-state index in [1.54, 1.807) is 7.11 Å². The van der Waals surface area contributed by atoms with Gasteiger partial charge >= 0.3 is 0 Å². The lowest BCUT2D eigenvalue weighted by atomic mass is 10.1. The average Bonchev–Trinajstić information content (AvgIpc) is 2.53. The van der Waals surface area contributed by atoms with Crippen LogP contribution in [0.5, 0.6) is 5.75 Å². The van der Waals surface area contributed by atoms with Crippen LogP contribution in [0.4, 0.5) is 5.82 Å². The number of rotatable bonds is 6. The summed E-state index contributed by atoms with van der Waals surface area (Å²) >= 11 is 0. The third-order valence-electron chi connectivity index (χ3n) is 3.29. The molecule has 0 fully saturated rings. The summed E-state index contributed by atoms with van der Waals surface area (Å²) in [5, 5.41) is 12.2. The van der Waals surface area contributed by atoms with Crippen LogP contribution in [0.15, 0.2) is 36.4 Å². The summed E-state index contributed by atoms with van der Waals surface area (Å²) in [6, 6.07) is 14.0. The van der Waals surface area contributed by atoms with Gasteiger partial charge in [-0.05, 0) is 49.1 Å². The Morgan fingerprint density at radius 3 is 2.90 bits per heavy atom. The molecule has 0 unspecified atom stereocenters. The second-order valence-corrected chi connectivity index (χ2v) is 4.86. The van der Waals surface area contributed by atoms with Crippen molar-refractivity contribution in [1.29, 1.82) is 5.26 Å². The van der Waals surface area contributed by atoms with Crippen LogP contribution in [0.3, 0.4) is 0 Å². The quantitative estimate of drug-likeness (QED) is 0.825. The Labute approximate surface area is 125 Å². The van der Waals surface area contributed by atoms with Crippen molar-refractivity contribution in [2.45, 2.75) is 19.8 Å². The maximum absolute atomic E-state index is 8.96. The van der Waals surface area contributed by atoms with Gasteiger partial charge in [-0.3, -0.25) is 0 Å². The number of hydrogen-bond acceptors (Lipinski definition) is 4. The molecule has 0 aliphatic heterocycles. The molecule has 1 aromatic heterocycles. The summed E-state index contributed by atoms with van der Waals surface area (Å²) in [5.74, 6) is 1.64. The zero-order valence-corrected chi connectivity index (χ0v) is 12.4. The van der Waals surface area contributed by atoms with E-state index in [1.165, 1.54) is 5.56 Å². The van der Waals surface area contributed by atoms with Gasteiger partial charge in [0.15, 0.2) is 0 Å². The Morgan fingerprint density at radius 2 is 2.14 bits per heavy atom. The Bertz CT molecular complexity index is 647. The maximum atomic E-state index is 8.96. The second-order valence-electron chi connectivity index (χ2n) is 4.86. The van der Waals surface area contributed by atoms with Crippen LogP contribution in [0.25, 0.3) is 0 Å². The molecule has 1 N–H and O–H groups in total. The van der Waals surface area contributed by atoms with Gasteiger partial charge < -0.3 is 10.1 Å². The number of aryl methyl sites for hydroxylation is 2. The molecule has 0 radical (unpaired) electrons. The number of nitrogens with one attached hydrogen (secondary N) is 1. The van der Waals surface area contributed by atoms with E-state index in [0.29, 0.717) is 5.69 Å². The highest BCUT2D eigenvalue weighted by Gasteiger charge is 2.01. The molecule has 0 bridgehead atoms. The van der Waals surface area contributed by atoms with E-state index in [-0.39, 0.29) is 0 Å². The average molecular weight is 281 g/mol. The number of methoxy groups -OCH3 is 1.